The Labute approximate surface area is 98.6 Å². The predicted molar refractivity (Wildman–Crippen MR) is 57.4 cm³/mol. The van der Waals surface area contributed by atoms with Crippen molar-refractivity contribution in [2.45, 2.75) is 12.5 Å². The second kappa shape index (κ2) is 5.58. The molecule has 0 spiro atoms. The molecule has 0 bridgehead atoms. The topological polar surface area (TPSA) is 45.1 Å². The third kappa shape index (κ3) is 3.89. The van der Waals surface area contributed by atoms with E-state index in [9.17, 15) is 8.78 Å². The number of aliphatic hydroxyl groups excluding tert-OH is 1. The fourth-order valence-electron chi connectivity index (χ4n) is 0.835. The van der Waals surface area contributed by atoms with Gasteiger partial charge in [0.2, 0.25) is 0 Å². The van der Waals surface area contributed by atoms with Gasteiger partial charge in [-0.3, -0.25) is 0 Å². The Bertz CT molecular complexity index is 340. The van der Waals surface area contributed by atoms with Crippen molar-refractivity contribution in [3.8, 4) is 0 Å². The van der Waals surface area contributed by atoms with Gasteiger partial charge in [0.15, 0.2) is 0 Å². The molecule has 0 aliphatic heterocycles. The summed E-state index contributed by atoms with van der Waals surface area (Å²) in [5, 5.41) is 11.9. The first-order valence-corrected chi connectivity index (χ1v) is 5.19. The maximum atomic E-state index is 12.0. The van der Waals surface area contributed by atoms with Crippen molar-refractivity contribution < 1.29 is 13.9 Å². The van der Waals surface area contributed by atoms with Crippen molar-refractivity contribution in [1.82, 2.24) is 4.98 Å². The van der Waals surface area contributed by atoms with Crippen LogP contribution in [-0.2, 0) is 0 Å². The van der Waals surface area contributed by atoms with Crippen molar-refractivity contribution in [3.63, 3.8) is 0 Å². The molecule has 15 heavy (non-hydrogen) atoms. The largest absolute Gasteiger partial charge is 0.385 e. The monoisotopic (exact) mass is 300 g/mol. The first-order valence-electron chi connectivity index (χ1n) is 4.02. The van der Waals surface area contributed by atoms with Crippen LogP contribution in [0.15, 0.2) is 16.7 Å². The fraction of sp³-hybridized carbons (Fsp3) is 0.375. The van der Waals surface area contributed by atoms with Crippen molar-refractivity contribution >= 4 is 33.3 Å². The molecular weight excluding hydrogens is 293 g/mol. The van der Waals surface area contributed by atoms with Crippen LogP contribution < -0.4 is 5.32 Å². The molecule has 0 aliphatic rings. The van der Waals surface area contributed by atoms with E-state index in [0.29, 0.717) is 15.3 Å². The summed E-state index contributed by atoms with van der Waals surface area (Å²) in [4.78, 5) is 3.86. The van der Waals surface area contributed by atoms with E-state index in [1.807, 2.05) is 0 Å². The summed E-state index contributed by atoms with van der Waals surface area (Å²) >= 11 is 8.80. The minimum atomic E-state index is -2.77. The molecule has 2 N–H and O–H groups in total. The molecule has 1 rings (SSSR count). The van der Waals surface area contributed by atoms with Crippen LogP contribution in [0.5, 0.6) is 0 Å². The van der Waals surface area contributed by atoms with Gasteiger partial charge in [0, 0.05) is 12.7 Å². The summed E-state index contributed by atoms with van der Waals surface area (Å²) in [5.74, 6) is 0.360. The van der Waals surface area contributed by atoms with E-state index in [4.69, 9.17) is 16.7 Å². The van der Waals surface area contributed by atoms with Gasteiger partial charge in [-0.05, 0) is 22.0 Å². The van der Waals surface area contributed by atoms with Gasteiger partial charge in [0.05, 0.1) is 9.50 Å². The van der Waals surface area contributed by atoms with Crippen molar-refractivity contribution in [2.24, 2.45) is 0 Å². The summed E-state index contributed by atoms with van der Waals surface area (Å²) in [6.07, 6.45) is -3.11. The Morgan fingerprint density at radius 2 is 2.27 bits per heavy atom. The number of rotatable bonds is 4. The molecule has 1 aromatic rings. The molecule has 0 aliphatic carbocycles. The Hall–Kier alpha value is -0.460. The van der Waals surface area contributed by atoms with Crippen LogP contribution in [0.25, 0.3) is 0 Å². The molecule has 84 valence electrons. The molecule has 1 atom stereocenters. The summed E-state index contributed by atoms with van der Waals surface area (Å²) in [6.45, 7) is -0.273. The molecular formula is C8H8BrClF2N2O. The van der Waals surface area contributed by atoms with E-state index in [2.05, 4.69) is 26.2 Å². The molecule has 1 unspecified atom stereocenters. The Balaban J connectivity index is 2.58. The van der Waals surface area contributed by atoms with Gasteiger partial charge >= 0.3 is 0 Å². The third-order valence-electron chi connectivity index (χ3n) is 1.58. The zero-order valence-corrected chi connectivity index (χ0v) is 9.76. The molecule has 0 saturated heterocycles. The van der Waals surface area contributed by atoms with E-state index < -0.39 is 12.5 Å². The molecule has 1 aromatic heterocycles. The van der Waals surface area contributed by atoms with E-state index in [1.54, 1.807) is 6.07 Å². The van der Waals surface area contributed by atoms with E-state index in [0.717, 1.165) is 0 Å². The smallest absolute Gasteiger partial charge is 0.265 e. The van der Waals surface area contributed by atoms with E-state index in [-0.39, 0.29) is 6.54 Å². The molecule has 0 saturated carbocycles. The SMILES string of the molecule is OC(CNc1ncc(Cl)cc1Br)C(F)F. The zero-order chi connectivity index (χ0) is 11.4. The Morgan fingerprint density at radius 1 is 1.60 bits per heavy atom. The van der Waals surface area contributed by atoms with Gasteiger partial charge in [0.25, 0.3) is 6.43 Å². The lowest BCUT2D eigenvalue weighted by atomic mass is 10.3. The van der Waals surface area contributed by atoms with Gasteiger partial charge in [-0.2, -0.15) is 0 Å². The highest BCUT2D eigenvalue weighted by atomic mass is 79.9. The van der Waals surface area contributed by atoms with Crippen LogP contribution in [0.3, 0.4) is 0 Å². The lowest BCUT2D eigenvalue weighted by molar-refractivity contribution is 0.00380. The number of halogens is 4. The normalized spacial score (nSPS) is 12.9. The summed E-state index contributed by atoms with van der Waals surface area (Å²) in [5.41, 5.74) is 0. The average molecular weight is 302 g/mol. The molecule has 0 radical (unpaired) electrons. The number of anilines is 1. The quantitative estimate of drug-likeness (QED) is 0.898. The van der Waals surface area contributed by atoms with E-state index >= 15 is 0 Å². The van der Waals surface area contributed by atoms with Gasteiger partial charge < -0.3 is 10.4 Å². The van der Waals surface area contributed by atoms with Crippen molar-refractivity contribution in [1.29, 1.82) is 0 Å². The number of aliphatic hydroxyl groups is 1. The number of nitrogens with one attached hydrogen (secondary N) is 1. The summed E-state index contributed by atoms with van der Waals surface area (Å²) in [6, 6.07) is 1.58. The van der Waals surface area contributed by atoms with Gasteiger partial charge in [0.1, 0.15) is 11.9 Å². The van der Waals surface area contributed by atoms with Gasteiger partial charge in [-0.1, -0.05) is 11.6 Å². The number of hydrogen-bond acceptors (Lipinski definition) is 3. The number of nitrogens with zero attached hydrogens (tertiary/aromatic N) is 1. The van der Waals surface area contributed by atoms with Crippen molar-refractivity contribution in [3.05, 3.63) is 21.8 Å². The number of alkyl halides is 2. The minimum absolute atomic E-state index is 0.273. The van der Waals surface area contributed by atoms with Crippen LogP contribution >= 0.6 is 27.5 Å². The first-order chi connectivity index (χ1) is 7.00. The van der Waals surface area contributed by atoms with Gasteiger partial charge in [-0.25, -0.2) is 13.8 Å². The molecule has 7 heteroatoms. The van der Waals surface area contributed by atoms with Crippen LogP contribution in [0.2, 0.25) is 5.02 Å². The molecule has 0 aromatic carbocycles. The first kappa shape index (κ1) is 12.6. The maximum Gasteiger partial charge on any atom is 0.265 e. The van der Waals surface area contributed by atoms with Crippen molar-refractivity contribution in [2.75, 3.05) is 11.9 Å². The summed E-state index contributed by atoms with van der Waals surface area (Å²) in [7, 11) is 0. The number of hydrogen-bond donors (Lipinski definition) is 2. The third-order valence-corrected chi connectivity index (χ3v) is 2.39. The number of pyridine rings is 1. The zero-order valence-electron chi connectivity index (χ0n) is 7.42. The highest BCUT2D eigenvalue weighted by Crippen LogP contribution is 2.23. The molecule has 1 heterocycles. The van der Waals surface area contributed by atoms with Crippen LogP contribution in [0.1, 0.15) is 0 Å². The average Bonchev–Trinajstić information content (AvgIpc) is 2.15. The summed E-state index contributed by atoms with van der Waals surface area (Å²) < 4.78 is 24.5. The number of aromatic nitrogens is 1. The van der Waals surface area contributed by atoms with Crippen LogP contribution in [0, 0.1) is 0 Å². The highest BCUT2D eigenvalue weighted by molar-refractivity contribution is 9.10. The maximum absolute atomic E-state index is 12.0. The lowest BCUT2D eigenvalue weighted by Gasteiger charge is -2.12. The second-order valence-electron chi connectivity index (χ2n) is 2.77. The second-order valence-corrected chi connectivity index (χ2v) is 4.06. The van der Waals surface area contributed by atoms with Crippen LogP contribution in [-0.4, -0.2) is 29.2 Å². The van der Waals surface area contributed by atoms with Crippen LogP contribution in [0.4, 0.5) is 14.6 Å². The fourth-order valence-corrected chi connectivity index (χ4v) is 1.61. The minimum Gasteiger partial charge on any atom is -0.385 e. The van der Waals surface area contributed by atoms with Gasteiger partial charge in [-0.15, -0.1) is 0 Å². The Morgan fingerprint density at radius 3 is 2.80 bits per heavy atom. The molecule has 0 fully saturated rings. The Kier molecular flexibility index (Phi) is 4.69. The highest BCUT2D eigenvalue weighted by Gasteiger charge is 2.16. The van der Waals surface area contributed by atoms with E-state index in [1.165, 1.54) is 6.20 Å². The standard InChI is InChI=1S/C8H8BrClF2N2O/c9-5-1-4(10)2-13-8(5)14-3-6(15)7(11)12/h1-2,6-7,15H,3H2,(H,13,14). The molecule has 0 amide bonds. The predicted octanol–water partition coefficient (Wildman–Crippen LogP) is 2.54. The lowest BCUT2D eigenvalue weighted by Crippen LogP contribution is -2.27. The molecule has 3 nitrogen and oxygen atoms in total.